The number of aliphatic hydroxyl groups excluding tert-OH is 1. The second kappa shape index (κ2) is 26.4. The van der Waals surface area contributed by atoms with Crippen LogP contribution in [0.5, 0.6) is 0 Å². The summed E-state index contributed by atoms with van der Waals surface area (Å²) in [6, 6.07) is 0. The Bertz CT molecular complexity index is 280. The van der Waals surface area contributed by atoms with Crippen molar-refractivity contribution in [2.45, 2.75) is 123 Å². The highest BCUT2D eigenvalue weighted by Crippen LogP contribution is 2.13. The summed E-state index contributed by atoms with van der Waals surface area (Å²) in [6.07, 6.45) is 21.8. The predicted molar refractivity (Wildman–Crippen MR) is 121 cm³/mol. The van der Waals surface area contributed by atoms with Gasteiger partial charge in [-0.15, -0.1) is 0 Å². The average molecular weight is 403 g/mol. The minimum absolute atomic E-state index is 0.763. The van der Waals surface area contributed by atoms with E-state index in [4.69, 9.17) is 15.9 Å². The van der Waals surface area contributed by atoms with Crippen molar-refractivity contribution < 1.29 is 15.0 Å². The first-order valence-corrected chi connectivity index (χ1v) is 11.9. The Morgan fingerprint density at radius 3 is 1.36 bits per heavy atom. The summed E-state index contributed by atoms with van der Waals surface area (Å²) in [5.41, 5.74) is 5.44. The second-order valence-electron chi connectivity index (χ2n) is 7.86. The molecular formula is C23H50N2O3. The van der Waals surface area contributed by atoms with Crippen LogP contribution in [0.4, 0.5) is 0 Å². The first-order chi connectivity index (χ1) is 13.6. The first-order valence-electron chi connectivity index (χ1n) is 11.9. The lowest BCUT2D eigenvalue weighted by Gasteiger charge is -2.04. The number of hydrogen-bond donors (Lipinski definition) is 4. The van der Waals surface area contributed by atoms with E-state index in [-0.39, 0.29) is 0 Å². The molecule has 0 rings (SSSR count). The van der Waals surface area contributed by atoms with Crippen LogP contribution in [0.3, 0.4) is 0 Å². The normalized spacial score (nSPS) is 11.7. The van der Waals surface area contributed by atoms with Crippen LogP contribution in [-0.4, -0.2) is 41.9 Å². The summed E-state index contributed by atoms with van der Waals surface area (Å²) in [5.74, 6) is -1.19. The van der Waals surface area contributed by atoms with Gasteiger partial charge < -0.3 is 21.3 Å². The minimum Gasteiger partial charge on any atom is -0.479 e. The van der Waals surface area contributed by atoms with E-state index < -0.39 is 12.1 Å². The highest BCUT2D eigenvalue weighted by Gasteiger charge is 2.01. The maximum Gasteiger partial charge on any atom is 0.332 e. The predicted octanol–water partition coefficient (Wildman–Crippen LogP) is 5.25. The molecule has 0 saturated heterocycles. The molecule has 0 aliphatic carbocycles. The number of aliphatic carboxylic acids is 1. The number of carboxylic acids is 1. The molecule has 5 nitrogen and oxygen atoms in total. The van der Waals surface area contributed by atoms with E-state index in [2.05, 4.69) is 12.2 Å². The van der Waals surface area contributed by atoms with Crippen molar-refractivity contribution in [3.8, 4) is 0 Å². The second-order valence-corrected chi connectivity index (χ2v) is 7.86. The Morgan fingerprint density at radius 1 is 0.750 bits per heavy atom. The van der Waals surface area contributed by atoms with Gasteiger partial charge in [0, 0.05) is 13.1 Å². The molecule has 0 aromatic heterocycles. The van der Waals surface area contributed by atoms with E-state index in [0.717, 1.165) is 19.6 Å². The van der Waals surface area contributed by atoms with Crippen LogP contribution in [0.15, 0.2) is 0 Å². The zero-order chi connectivity index (χ0) is 21.3. The maximum atomic E-state index is 9.45. The van der Waals surface area contributed by atoms with E-state index in [9.17, 15) is 4.79 Å². The zero-order valence-corrected chi connectivity index (χ0v) is 18.9. The van der Waals surface area contributed by atoms with Crippen LogP contribution in [0.1, 0.15) is 117 Å². The number of nitrogens with one attached hydrogen (secondary N) is 1. The van der Waals surface area contributed by atoms with E-state index in [0.29, 0.717) is 0 Å². The summed E-state index contributed by atoms with van der Waals surface area (Å²) in [5, 5.41) is 19.1. The van der Waals surface area contributed by atoms with Crippen molar-refractivity contribution >= 4 is 5.97 Å². The molecule has 0 fully saturated rings. The lowest BCUT2D eigenvalue weighted by atomic mass is 10.0. The van der Waals surface area contributed by atoms with Crippen molar-refractivity contribution in [3.63, 3.8) is 0 Å². The molecule has 0 aromatic rings. The van der Waals surface area contributed by atoms with Crippen molar-refractivity contribution in [1.82, 2.24) is 5.32 Å². The number of rotatable bonds is 20. The van der Waals surface area contributed by atoms with Crippen molar-refractivity contribution in [3.05, 3.63) is 0 Å². The fourth-order valence-corrected chi connectivity index (χ4v) is 3.03. The van der Waals surface area contributed by atoms with Gasteiger partial charge in [0.1, 0.15) is 6.10 Å². The molecule has 170 valence electrons. The fourth-order valence-electron chi connectivity index (χ4n) is 3.03. The molecule has 1 atom stereocenters. The van der Waals surface area contributed by atoms with Gasteiger partial charge in [0.15, 0.2) is 0 Å². The van der Waals surface area contributed by atoms with Gasteiger partial charge in [-0.1, -0.05) is 103 Å². The maximum absolute atomic E-state index is 9.45. The Morgan fingerprint density at radius 2 is 1.07 bits per heavy atom. The molecule has 0 radical (unpaired) electrons. The topological polar surface area (TPSA) is 95.6 Å². The van der Waals surface area contributed by atoms with E-state index in [1.807, 2.05) is 0 Å². The van der Waals surface area contributed by atoms with Crippen molar-refractivity contribution in [2.75, 3.05) is 19.6 Å². The lowest BCUT2D eigenvalue weighted by Crippen LogP contribution is -2.23. The average Bonchev–Trinajstić information content (AvgIpc) is 2.67. The molecule has 0 saturated carbocycles. The molecule has 0 bridgehead atoms. The van der Waals surface area contributed by atoms with Gasteiger partial charge in [0.05, 0.1) is 0 Å². The van der Waals surface area contributed by atoms with Crippen LogP contribution in [0.25, 0.3) is 0 Å². The number of nitrogens with two attached hydrogens (primary N) is 1. The summed E-state index contributed by atoms with van der Waals surface area (Å²) in [7, 11) is 0. The molecule has 0 aliphatic rings. The van der Waals surface area contributed by atoms with Crippen LogP contribution in [-0.2, 0) is 4.79 Å². The largest absolute Gasteiger partial charge is 0.479 e. The first kappa shape index (κ1) is 29.6. The third-order valence-corrected chi connectivity index (χ3v) is 4.89. The van der Waals surface area contributed by atoms with Crippen molar-refractivity contribution in [2.24, 2.45) is 5.73 Å². The van der Waals surface area contributed by atoms with E-state index >= 15 is 0 Å². The van der Waals surface area contributed by atoms with E-state index in [1.54, 1.807) is 0 Å². The molecule has 0 aromatic carbocycles. The summed E-state index contributed by atoms with van der Waals surface area (Å²) in [6.45, 7) is 6.37. The highest BCUT2D eigenvalue weighted by atomic mass is 16.4. The number of aliphatic hydroxyl groups is 1. The number of unbranched alkanes of at least 4 members (excludes halogenated alkanes) is 15. The lowest BCUT2D eigenvalue weighted by molar-refractivity contribution is -0.145. The molecule has 5 N–H and O–H groups in total. The summed E-state index contributed by atoms with van der Waals surface area (Å²) >= 11 is 0. The molecule has 0 aliphatic heterocycles. The molecule has 0 amide bonds. The van der Waals surface area contributed by atoms with Crippen molar-refractivity contribution in [1.29, 1.82) is 0 Å². The monoisotopic (exact) mass is 402 g/mol. The van der Waals surface area contributed by atoms with Gasteiger partial charge in [-0.2, -0.15) is 0 Å². The minimum atomic E-state index is -1.23. The quantitative estimate of drug-likeness (QED) is 0.209. The zero-order valence-electron chi connectivity index (χ0n) is 18.9. The third-order valence-electron chi connectivity index (χ3n) is 4.89. The Labute approximate surface area is 174 Å². The molecule has 0 heterocycles. The Kier molecular flexibility index (Phi) is 27.8. The standard InChI is InChI=1S/C20H44N2.C3H6O3/c1-2-3-4-5-6-7-8-9-10-11-12-13-14-15-16-17-19-22-20-18-21;1-2(4)3(5)6/h22H,2-21H2,1H3;2,4H,1H3,(H,5,6). The summed E-state index contributed by atoms with van der Waals surface area (Å²) in [4.78, 5) is 9.45. The smallest absolute Gasteiger partial charge is 0.332 e. The molecule has 5 heteroatoms. The Hall–Kier alpha value is -0.650. The van der Waals surface area contributed by atoms with Gasteiger partial charge in [-0.05, 0) is 19.9 Å². The molecule has 0 spiro atoms. The van der Waals surface area contributed by atoms with Crippen LogP contribution in [0, 0.1) is 0 Å². The number of carboxylic acid groups (broad SMARTS) is 1. The number of hydrogen-bond acceptors (Lipinski definition) is 4. The van der Waals surface area contributed by atoms with Gasteiger partial charge in [0.2, 0.25) is 0 Å². The van der Waals surface area contributed by atoms with Crippen LogP contribution >= 0.6 is 0 Å². The molecular weight excluding hydrogens is 352 g/mol. The van der Waals surface area contributed by atoms with Crippen LogP contribution < -0.4 is 11.1 Å². The molecule has 28 heavy (non-hydrogen) atoms. The van der Waals surface area contributed by atoms with Gasteiger partial charge in [-0.25, -0.2) is 4.79 Å². The van der Waals surface area contributed by atoms with Gasteiger partial charge >= 0.3 is 5.97 Å². The summed E-state index contributed by atoms with van der Waals surface area (Å²) < 4.78 is 0. The van der Waals surface area contributed by atoms with E-state index in [1.165, 1.54) is 110 Å². The van der Waals surface area contributed by atoms with Crippen LogP contribution in [0.2, 0.25) is 0 Å². The number of carbonyl (C=O) groups is 1. The fraction of sp³-hybridized carbons (Fsp3) is 0.957. The SMILES string of the molecule is CC(O)C(=O)O.CCCCCCCCCCCCCCCCCCNCCN. The Balaban J connectivity index is 0. The van der Waals surface area contributed by atoms with Gasteiger partial charge in [-0.3, -0.25) is 0 Å². The third kappa shape index (κ3) is 30.1. The molecule has 1 unspecified atom stereocenters. The van der Waals surface area contributed by atoms with Gasteiger partial charge in [0.25, 0.3) is 0 Å². The highest BCUT2D eigenvalue weighted by molar-refractivity contribution is 5.71.